The average molecular weight is 503 g/mol. The third-order valence-electron chi connectivity index (χ3n) is 4.73. The number of carbonyl (C=O) groups excluding carboxylic acids is 1. The highest BCUT2D eigenvalue weighted by atomic mass is 127. The lowest BCUT2D eigenvalue weighted by atomic mass is 10.1. The van der Waals surface area contributed by atoms with Gasteiger partial charge in [0.1, 0.15) is 5.75 Å². The lowest BCUT2D eigenvalue weighted by molar-refractivity contribution is -0.130. The fourth-order valence-corrected chi connectivity index (χ4v) is 3.11. The molecule has 0 aliphatic carbocycles. The topological polar surface area (TPSA) is 69.2 Å². The lowest BCUT2D eigenvalue weighted by Gasteiger charge is -2.34. The first-order chi connectivity index (χ1) is 13.0. The molecule has 2 rings (SSSR count). The Kier molecular flexibility index (Phi) is 11.2. The van der Waals surface area contributed by atoms with Crippen LogP contribution in [0.3, 0.4) is 0 Å². The van der Waals surface area contributed by atoms with Crippen molar-refractivity contribution in [3.8, 4) is 5.75 Å². The predicted molar refractivity (Wildman–Crippen MR) is 125 cm³/mol. The van der Waals surface area contributed by atoms with Crippen LogP contribution in [0.2, 0.25) is 0 Å². The highest BCUT2D eigenvalue weighted by molar-refractivity contribution is 14.0. The maximum Gasteiger partial charge on any atom is 0.219 e. The molecule has 1 aromatic carbocycles. The van der Waals surface area contributed by atoms with Crippen molar-refractivity contribution in [2.24, 2.45) is 4.99 Å². The van der Waals surface area contributed by atoms with Crippen molar-refractivity contribution in [2.45, 2.75) is 27.3 Å². The molecule has 0 unspecified atom stereocenters. The Morgan fingerprint density at radius 2 is 1.93 bits per heavy atom. The van der Waals surface area contributed by atoms with Crippen LogP contribution in [0.15, 0.2) is 23.2 Å². The zero-order valence-corrected chi connectivity index (χ0v) is 19.8. The number of hydrogen-bond acceptors (Lipinski definition) is 4. The fraction of sp³-hybridized carbons (Fsp3) is 0.600. The normalized spacial score (nSPS) is 15.0. The summed E-state index contributed by atoms with van der Waals surface area (Å²) < 4.78 is 5.46. The van der Waals surface area contributed by atoms with Crippen LogP contribution in [0.4, 0.5) is 0 Å². The molecule has 1 aliphatic heterocycles. The summed E-state index contributed by atoms with van der Waals surface area (Å²) in [4.78, 5) is 20.4. The summed E-state index contributed by atoms with van der Waals surface area (Å²) in [5.41, 5.74) is 2.25. The van der Waals surface area contributed by atoms with Gasteiger partial charge in [-0.2, -0.15) is 0 Å². The van der Waals surface area contributed by atoms with Gasteiger partial charge in [-0.1, -0.05) is 12.1 Å². The van der Waals surface area contributed by atoms with E-state index in [1.807, 2.05) is 11.0 Å². The van der Waals surface area contributed by atoms with Gasteiger partial charge in [-0.05, 0) is 25.5 Å². The van der Waals surface area contributed by atoms with E-state index in [2.05, 4.69) is 46.5 Å². The number of piperazine rings is 1. The number of nitrogens with one attached hydrogen (secondary N) is 2. The van der Waals surface area contributed by atoms with Crippen molar-refractivity contribution in [2.75, 3.05) is 52.9 Å². The molecule has 7 nitrogen and oxygen atoms in total. The van der Waals surface area contributed by atoms with E-state index in [9.17, 15) is 4.79 Å². The number of guanidine groups is 1. The summed E-state index contributed by atoms with van der Waals surface area (Å²) in [7, 11) is 1.69. The minimum atomic E-state index is 0. The van der Waals surface area contributed by atoms with Gasteiger partial charge in [0, 0.05) is 58.3 Å². The van der Waals surface area contributed by atoms with Crippen molar-refractivity contribution in [1.82, 2.24) is 20.4 Å². The van der Waals surface area contributed by atoms with Crippen molar-refractivity contribution in [1.29, 1.82) is 0 Å². The maximum atomic E-state index is 11.4. The van der Waals surface area contributed by atoms with Crippen molar-refractivity contribution < 1.29 is 9.53 Å². The standard InChI is InChI=1S/C20H33N5O2.HI/c1-5-21-20(23-15-18-7-6-16(2)14-19(18)27-4)22-8-9-24-10-12-25(13-11-24)17(3)26;/h6-7,14H,5,8-13,15H2,1-4H3,(H2,21,22,23);1H. The summed E-state index contributed by atoms with van der Waals surface area (Å²) >= 11 is 0. The Bertz CT molecular complexity index is 645. The smallest absolute Gasteiger partial charge is 0.219 e. The first-order valence-corrected chi connectivity index (χ1v) is 9.67. The summed E-state index contributed by atoms with van der Waals surface area (Å²) in [5, 5.41) is 6.69. The number of methoxy groups -OCH3 is 1. The average Bonchev–Trinajstić information content (AvgIpc) is 2.67. The molecule has 1 amide bonds. The quantitative estimate of drug-likeness (QED) is 0.338. The number of halogens is 1. The molecular weight excluding hydrogens is 469 g/mol. The Balaban J connectivity index is 0.00000392. The van der Waals surface area contributed by atoms with Gasteiger partial charge in [0.05, 0.1) is 13.7 Å². The Hall–Kier alpha value is -1.55. The number of amides is 1. The zero-order valence-electron chi connectivity index (χ0n) is 17.5. The third kappa shape index (κ3) is 7.83. The van der Waals surface area contributed by atoms with Crippen molar-refractivity contribution >= 4 is 35.8 Å². The second kappa shape index (κ2) is 12.8. The van der Waals surface area contributed by atoms with E-state index >= 15 is 0 Å². The van der Waals surface area contributed by atoms with Crippen LogP contribution < -0.4 is 15.4 Å². The SMILES string of the molecule is CCNC(=NCc1ccc(C)cc1OC)NCCN1CCN(C(C)=O)CC1.I. The van der Waals surface area contributed by atoms with E-state index in [0.29, 0.717) is 6.54 Å². The molecule has 0 radical (unpaired) electrons. The third-order valence-corrected chi connectivity index (χ3v) is 4.73. The fourth-order valence-electron chi connectivity index (χ4n) is 3.11. The molecule has 1 saturated heterocycles. The molecule has 0 spiro atoms. The number of aryl methyl sites for hydroxylation is 1. The van der Waals surface area contributed by atoms with Crippen LogP contribution in [0.1, 0.15) is 25.0 Å². The highest BCUT2D eigenvalue weighted by Gasteiger charge is 2.17. The molecular formula is C20H34IN5O2. The number of benzene rings is 1. The minimum absolute atomic E-state index is 0. The van der Waals surface area contributed by atoms with Gasteiger partial charge in [0.25, 0.3) is 0 Å². The summed E-state index contributed by atoms with van der Waals surface area (Å²) in [6.07, 6.45) is 0. The monoisotopic (exact) mass is 503 g/mol. The molecule has 0 bridgehead atoms. The molecule has 158 valence electrons. The van der Waals surface area contributed by atoms with Gasteiger partial charge in [-0.15, -0.1) is 24.0 Å². The predicted octanol–water partition coefficient (Wildman–Crippen LogP) is 1.84. The van der Waals surface area contributed by atoms with Gasteiger partial charge in [0.15, 0.2) is 5.96 Å². The van der Waals surface area contributed by atoms with Crippen LogP contribution in [0, 0.1) is 6.92 Å². The molecule has 0 atom stereocenters. The van der Waals surface area contributed by atoms with E-state index in [-0.39, 0.29) is 29.9 Å². The molecule has 0 saturated carbocycles. The molecule has 0 aromatic heterocycles. The van der Waals surface area contributed by atoms with Crippen LogP contribution in [0.5, 0.6) is 5.75 Å². The highest BCUT2D eigenvalue weighted by Crippen LogP contribution is 2.20. The molecule has 1 fully saturated rings. The van der Waals surface area contributed by atoms with Gasteiger partial charge in [-0.25, -0.2) is 4.99 Å². The first kappa shape index (κ1) is 24.5. The van der Waals surface area contributed by atoms with E-state index < -0.39 is 0 Å². The second-order valence-electron chi connectivity index (χ2n) is 6.78. The maximum absolute atomic E-state index is 11.4. The molecule has 2 N–H and O–H groups in total. The van der Waals surface area contributed by atoms with Crippen LogP contribution in [0.25, 0.3) is 0 Å². The minimum Gasteiger partial charge on any atom is -0.496 e. The van der Waals surface area contributed by atoms with Crippen LogP contribution in [-0.4, -0.2) is 74.6 Å². The molecule has 1 heterocycles. The Morgan fingerprint density at radius 3 is 2.54 bits per heavy atom. The summed E-state index contributed by atoms with van der Waals surface area (Å²) in [6.45, 7) is 12.4. The second-order valence-corrected chi connectivity index (χ2v) is 6.78. The Morgan fingerprint density at radius 1 is 1.21 bits per heavy atom. The van der Waals surface area contributed by atoms with E-state index in [1.165, 1.54) is 5.56 Å². The van der Waals surface area contributed by atoms with Crippen molar-refractivity contribution in [3.05, 3.63) is 29.3 Å². The van der Waals surface area contributed by atoms with E-state index in [4.69, 9.17) is 4.74 Å². The summed E-state index contributed by atoms with van der Waals surface area (Å²) in [6, 6.07) is 6.18. The largest absolute Gasteiger partial charge is 0.496 e. The zero-order chi connectivity index (χ0) is 19.6. The molecule has 8 heteroatoms. The number of carbonyl (C=O) groups is 1. The van der Waals surface area contributed by atoms with Gasteiger partial charge >= 0.3 is 0 Å². The van der Waals surface area contributed by atoms with E-state index in [0.717, 1.165) is 63.1 Å². The molecule has 28 heavy (non-hydrogen) atoms. The number of nitrogens with zero attached hydrogens (tertiary/aromatic N) is 3. The number of ether oxygens (including phenoxy) is 1. The number of aliphatic imine (C=N–C) groups is 1. The number of rotatable bonds is 7. The van der Waals surface area contributed by atoms with Gasteiger partial charge in [-0.3, -0.25) is 9.69 Å². The Labute approximate surface area is 185 Å². The number of hydrogen-bond donors (Lipinski definition) is 2. The summed E-state index contributed by atoms with van der Waals surface area (Å²) in [5.74, 6) is 1.85. The molecule has 1 aliphatic rings. The lowest BCUT2D eigenvalue weighted by Crippen LogP contribution is -2.50. The first-order valence-electron chi connectivity index (χ1n) is 9.67. The van der Waals surface area contributed by atoms with Crippen LogP contribution >= 0.6 is 24.0 Å². The van der Waals surface area contributed by atoms with E-state index in [1.54, 1.807) is 14.0 Å². The molecule has 1 aromatic rings. The van der Waals surface area contributed by atoms with Gasteiger partial charge < -0.3 is 20.3 Å². The van der Waals surface area contributed by atoms with Gasteiger partial charge in [0.2, 0.25) is 5.91 Å². The van der Waals surface area contributed by atoms with Crippen LogP contribution in [-0.2, 0) is 11.3 Å². The van der Waals surface area contributed by atoms with Crippen molar-refractivity contribution in [3.63, 3.8) is 0 Å².